The highest BCUT2D eigenvalue weighted by molar-refractivity contribution is 7.91. The number of ether oxygens (including phenoxy) is 1. The van der Waals surface area contributed by atoms with Crippen LogP contribution in [0.15, 0.2) is 48.5 Å². The van der Waals surface area contributed by atoms with Gasteiger partial charge in [-0.3, -0.25) is 4.79 Å². The molecule has 2 aromatic carbocycles. The standard InChI is InChI=1S/C21H23ClFNO4S/c1-21(2,28-16-9-7-15(22)8-10-16)20(25)24-12-11-19(29(26,27)14-13-24)17-5-3-4-6-18(17)23/h3-10,19H,11-14H2,1-2H3/t19-/m1/s1. The number of hydrogen-bond acceptors (Lipinski definition) is 4. The van der Waals surface area contributed by atoms with E-state index in [9.17, 15) is 17.6 Å². The minimum atomic E-state index is -3.60. The summed E-state index contributed by atoms with van der Waals surface area (Å²) in [4.78, 5) is 14.6. The van der Waals surface area contributed by atoms with Crippen LogP contribution < -0.4 is 4.74 Å². The van der Waals surface area contributed by atoms with E-state index in [1.165, 1.54) is 23.1 Å². The zero-order chi connectivity index (χ0) is 21.2. The van der Waals surface area contributed by atoms with Crippen molar-refractivity contribution in [3.63, 3.8) is 0 Å². The van der Waals surface area contributed by atoms with Crippen molar-refractivity contribution < 1.29 is 22.3 Å². The van der Waals surface area contributed by atoms with Crippen molar-refractivity contribution in [1.29, 1.82) is 0 Å². The van der Waals surface area contributed by atoms with Crippen LogP contribution in [0.2, 0.25) is 5.02 Å². The fourth-order valence-electron chi connectivity index (χ4n) is 3.45. The average molecular weight is 440 g/mol. The van der Waals surface area contributed by atoms with Gasteiger partial charge in [0.15, 0.2) is 15.4 Å². The van der Waals surface area contributed by atoms with Crippen LogP contribution >= 0.6 is 11.6 Å². The summed E-state index contributed by atoms with van der Waals surface area (Å²) in [6.45, 7) is 3.51. The van der Waals surface area contributed by atoms with E-state index in [-0.39, 0.29) is 36.7 Å². The molecule has 0 unspecified atom stereocenters. The first kappa shape index (κ1) is 21.6. The Morgan fingerprint density at radius 3 is 2.45 bits per heavy atom. The third kappa shape index (κ3) is 4.90. The molecule has 0 radical (unpaired) electrons. The van der Waals surface area contributed by atoms with Crippen LogP contribution in [0.3, 0.4) is 0 Å². The Morgan fingerprint density at radius 2 is 1.79 bits per heavy atom. The van der Waals surface area contributed by atoms with Gasteiger partial charge in [0.1, 0.15) is 11.6 Å². The number of rotatable bonds is 4. The molecule has 0 bridgehead atoms. The van der Waals surface area contributed by atoms with Gasteiger partial charge < -0.3 is 9.64 Å². The molecule has 1 atom stereocenters. The summed E-state index contributed by atoms with van der Waals surface area (Å²) in [6.07, 6.45) is 0.131. The minimum absolute atomic E-state index is 0.0412. The molecule has 3 rings (SSSR count). The van der Waals surface area contributed by atoms with Gasteiger partial charge in [-0.05, 0) is 50.6 Å². The molecule has 1 aliphatic heterocycles. The van der Waals surface area contributed by atoms with E-state index in [4.69, 9.17) is 16.3 Å². The number of carbonyl (C=O) groups is 1. The number of halogens is 2. The van der Waals surface area contributed by atoms with Crippen molar-refractivity contribution in [3.05, 3.63) is 64.9 Å². The van der Waals surface area contributed by atoms with Crippen molar-refractivity contribution >= 4 is 27.3 Å². The maximum atomic E-state index is 14.2. The van der Waals surface area contributed by atoms with Crippen LogP contribution in [0.4, 0.5) is 4.39 Å². The summed E-state index contributed by atoms with van der Waals surface area (Å²) < 4.78 is 45.5. The first-order valence-corrected chi connectivity index (χ1v) is 11.4. The third-order valence-electron chi connectivity index (χ3n) is 4.98. The third-order valence-corrected chi connectivity index (χ3v) is 7.34. The molecule has 1 heterocycles. The SMILES string of the molecule is CC(C)(Oc1ccc(Cl)cc1)C(=O)N1CC[C@H](c2ccccc2F)S(=O)(=O)CC1. The van der Waals surface area contributed by atoms with E-state index in [1.54, 1.807) is 44.2 Å². The molecule has 1 fully saturated rings. The summed E-state index contributed by atoms with van der Waals surface area (Å²) in [6, 6.07) is 12.5. The van der Waals surface area contributed by atoms with Gasteiger partial charge in [0.2, 0.25) is 0 Å². The van der Waals surface area contributed by atoms with Crippen LogP contribution in [0.25, 0.3) is 0 Å². The Labute approximate surface area is 175 Å². The first-order valence-electron chi connectivity index (χ1n) is 9.30. The molecule has 0 spiro atoms. The quantitative estimate of drug-likeness (QED) is 0.721. The second-order valence-corrected chi connectivity index (χ2v) is 10.3. The van der Waals surface area contributed by atoms with Crippen LogP contribution in [-0.2, 0) is 14.6 Å². The van der Waals surface area contributed by atoms with E-state index >= 15 is 0 Å². The van der Waals surface area contributed by atoms with E-state index in [2.05, 4.69) is 0 Å². The van der Waals surface area contributed by atoms with E-state index in [0.717, 1.165) is 0 Å². The largest absolute Gasteiger partial charge is 0.478 e. The Hall–Kier alpha value is -2.12. The number of nitrogens with zero attached hydrogens (tertiary/aromatic N) is 1. The summed E-state index contributed by atoms with van der Waals surface area (Å²) in [5.74, 6) is -0.613. The highest BCUT2D eigenvalue weighted by Crippen LogP contribution is 2.32. The van der Waals surface area contributed by atoms with Gasteiger partial charge in [0, 0.05) is 23.7 Å². The predicted octanol–water partition coefficient (Wildman–Crippen LogP) is 4.02. The monoisotopic (exact) mass is 439 g/mol. The molecule has 8 heteroatoms. The van der Waals surface area contributed by atoms with Gasteiger partial charge in [-0.1, -0.05) is 29.8 Å². The van der Waals surface area contributed by atoms with Gasteiger partial charge in [-0.25, -0.2) is 12.8 Å². The molecule has 5 nitrogen and oxygen atoms in total. The van der Waals surface area contributed by atoms with Crippen molar-refractivity contribution in [2.75, 3.05) is 18.8 Å². The van der Waals surface area contributed by atoms with Gasteiger partial charge >= 0.3 is 0 Å². The van der Waals surface area contributed by atoms with E-state index in [1.807, 2.05) is 0 Å². The maximum absolute atomic E-state index is 14.2. The zero-order valence-corrected chi connectivity index (χ0v) is 17.8. The lowest BCUT2D eigenvalue weighted by Gasteiger charge is -2.31. The Morgan fingerprint density at radius 1 is 1.14 bits per heavy atom. The second kappa shape index (κ2) is 8.32. The summed E-state index contributed by atoms with van der Waals surface area (Å²) in [5.41, 5.74) is -1.05. The Kier molecular flexibility index (Phi) is 6.19. The first-order chi connectivity index (χ1) is 13.6. The number of amides is 1. The van der Waals surface area contributed by atoms with Crippen LogP contribution in [0, 0.1) is 5.82 Å². The van der Waals surface area contributed by atoms with Crippen molar-refractivity contribution in [2.45, 2.75) is 31.1 Å². The van der Waals surface area contributed by atoms with E-state index < -0.39 is 26.5 Å². The maximum Gasteiger partial charge on any atom is 0.266 e. The molecule has 29 heavy (non-hydrogen) atoms. The number of benzene rings is 2. The highest BCUT2D eigenvalue weighted by atomic mass is 35.5. The topological polar surface area (TPSA) is 63.7 Å². The molecular formula is C21H23ClFNO4S. The lowest BCUT2D eigenvalue weighted by Crippen LogP contribution is -2.49. The molecule has 1 aliphatic rings. The zero-order valence-electron chi connectivity index (χ0n) is 16.3. The van der Waals surface area contributed by atoms with Gasteiger partial charge in [-0.2, -0.15) is 0 Å². The lowest BCUT2D eigenvalue weighted by atomic mass is 10.1. The van der Waals surface area contributed by atoms with E-state index in [0.29, 0.717) is 10.8 Å². The highest BCUT2D eigenvalue weighted by Gasteiger charge is 2.39. The average Bonchev–Trinajstić information content (AvgIpc) is 2.81. The predicted molar refractivity (Wildman–Crippen MR) is 110 cm³/mol. The fourth-order valence-corrected chi connectivity index (χ4v) is 5.38. The minimum Gasteiger partial charge on any atom is -0.478 e. The smallest absolute Gasteiger partial charge is 0.266 e. The van der Waals surface area contributed by atoms with Gasteiger partial charge in [0.05, 0.1) is 11.0 Å². The number of sulfone groups is 1. The fraction of sp³-hybridized carbons (Fsp3) is 0.381. The lowest BCUT2D eigenvalue weighted by molar-refractivity contribution is -0.145. The molecule has 2 aromatic rings. The van der Waals surface area contributed by atoms with Crippen molar-refractivity contribution in [3.8, 4) is 5.75 Å². The van der Waals surface area contributed by atoms with Crippen LogP contribution in [0.5, 0.6) is 5.75 Å². The molecule has 1 amide bonds. The summed E-state index contributed by atoms with van der Waals surface area (Å²) in [5, 5.41) is -0.416. The number of hydrogen-bond donors (Lipinski definition) is 0. The van der Waals surface area contributed by atoms with Gasteiger partial charge in [0.25, 0.3) is 5.91 Å². The van der Waals surface area contributed by atoms with Crippen molar-refractivity contribution in [2.24, 2.45) is 0 Å². The summed E-state index contributed by atoms with van der Waals surface area (Å²) in [7, 11) is -3.60. The molecule has 1 saturated heterocycles. The van der Waals surface area contributed by atoms with Gasteiger partial charge in [-0.15, -0.1) is 0 Å². The number of carbonyl (C=O) groups excluding carboxylic acids is 1. The van der Waals surface area contributed by atoms with Crippen LogP contribution in [0.1, 0.15) is 31.1 Å². The summed E-state index contributed by atoms with van der Waals surface area (Å²) >= 11 is 5.87. The Bertz CT molecular complexity index is 992. The van der Waals surface area contributed by atoms with Crippen molar-refractivity contribution in [1.82, 2.24) is 4.90 Å². The Balaban J connectivity index is 1.77. The molecular weight excluding hydrogens is 417 g/mol. The molecule has 156 valence electrons. The molecule has 0 aliphatic carbocycles. The second-order valence-electron chi connectivity index (χ2n) is 7.52. The van der Waals surface area contributed by atoms with Crippen LogP contribution in [-0.4, -0.2) is 43.7 Å². The normalized spacial score (nSPS) is 19.4. The molecule has 0 aromatic heterocycles. The molecule has 0 N–H and O–H groups in total. The molecule has 0 saturated carbocycles.